The number of ether oxygens (including phenoxy) is 1. The lowest BCUT2D eigenvalue weighted by molar-refractivity contribution is -0.0947. The van der Waals surface area contributed by atoms with E-state index in [-0.39, 0.29) is 5.60 Å². The Morgan fingerprint density at radius 1 is 1.00 bits per heavy atom. The van der Waals surface area contributed by atoms with Gasteiger partial charge in [0.25, 0.3) is 0 Å². The maximum atomic E-state index is 6.08. The van der Waals surface area contributed by atoms with Gasteiger partial charge in [0.05, 0.1) is 5.60 Å². The van der Waals surface area contributed by atoms with E-state index in [0.29, 0.717) is 6.04 Å². The molecule has 0 amide bonds. The summed E-state index contributed by atoms with van der Waals surface area (Å²) in [6.07, 6.45) is 8.84. The molecule has 1 heterocycles. The first kappa shape index (κ1) is 15.3. The van der Waals surface area contributed by atoms with Gasteiger partial charge in [-0.05, 0) is 56.8 Å². The van der Waals surface area contributed by atoms with Crippen LogP contribution in [-0.2, 0) is 4.74 Å². The summed E-state index contributed by atoms with van der Waals surface area (Å²) in [5, 5.41) is 3.95. The molecular formula is C17H33NO. The Hall–Kier alpha value is -0.0800. The summed E-state index contributed by atoms with van der Waals surface area (Å²) in [5.74, 6) is 1.80. The van der Waals surface area contributed by atoms with Gasteiger partial charge in [-0.15, -0.1) is 0 Å². The van der Waals surface area contributed by atoms with E-state index in [1.165, 1.54) is 32.1 Å². The summed E-state index contributed by atoms with van der Waals surface area (Å²) in [7, 11) is 0. The van der Waals surface area contributed by atoms with E-state index in [9.17, 15) is 0 Å². The molecule has 1 aliphatic carbocycles. The molecular weight excluding hydrogens is 234 g/mol. The van der Waals surface area contributed by atoms with Crippen molar-refractivity contribution in [2.75, 3.05) is 6.61 Å². The van der Waals surface area contributed by atoms with Crippen LogP contribution in [0.2, 0.25) is 0 Å². The monoisotopic (exact) mass is 267 g/mol. The van der Waals surface area contributed by atoms with Crippen LogP contribution >= 0.6 is 0 Å². The second-order valence-electron chi connectivity index (χ2n) is 7.06. The Kier molecular flexibility index (Phi) is 5.30. The van der Waals surface area contributed by atoms with Gasteiger partial charge in [-0.25, -0.2) is 0 Å². The minimum Gasteiger partial charge on any atom is -0.375 e. The zero-order valence-corrected chi connectivity index (χ0v) is 13.4. The highest BCUT2D eigenvalue weighted by Gasteiger charge is 2.36. The molecule has 0 aromatic heterocycles. The molecule has 2 heteroatoms. The zero-order valence-electron chi connectivity index (χ0n) is 13.4. The van der Waals surface area contributed by atoms with Gasteiger partial charge in [0.1, 0.15) is 0 Å². The van der Waals surface area contributed by atoms with Crippen LogP contribution in [0.3, 0.4) is 0 Å². The topological polar surface area (TPSA) is 21.3 Å². The molecule has 0 spiro atoms. The molecule has 112 valence electrons. The van der Waals surface area contributed by atoms with Gasteiger partial charge in [0, 0.05) is 18.7 Å². The largest absolute Gasteiger partial charge is 0.375 e. The molecule has 2 aliphatic rings. The fourth-order valence-corrected chi connectivity index (χ4v) is 3.95. The van der Waals surface area contributed by atoms with Crippen LogP contribution in [0, 0.1) is 11.8 Å². The van der Waals surface area contributed by atoms with Crippen molar-refractivity contribution in [1.82, 2.24) is 5.32 Å². The highest BCUT2D eigenvalue weighted by atomic mass is 16.5. The van der Waals surface area contributed by atoms with E-state index in [2.05, 4.69) is 33.0 Å². The fourth-order valence-electron chi connectivity index (χ4n) is 3.95. The normalized spacial score (nSPS) is 39.2. The summed E-state index contributed by atoms with van der Waals surface area (Å²) >= 11 is 0. The molecule has 4 unspecified atom stereocenters. The first-order valence-corrected chi connectivity index (χ1v) is 8.48. The van der Waals surface area contributed by atoms with Gasteiger partial charge >= 0.3 is 0 Å². The molecule has 1 saturated carbocycles. The van der Waals surface area contributed by atoms with Crippen LogP contribution in [0.25, 0.3) is 0 Å². The predicted molar refractivity (Wildman–Crippen MR) is 81.4 cm³/mol. The van der Waals surface area contributed by atoms with Crippen LogP contribution < -0.4 is 5.32 Å². The van der Waals surface area contributed by atoms with Crippen LogP contribution in [0.1, 0.15) is 72.6 Å². The first-order chi connectivity index (χ1) is 9.08. The van der Waals surface area contributed by atoms with Crippen LogP contribution in [0.4, 0.5) is 0 Å². The Labute approximate surface area is 119 Å². The number of rotatable bonds is 4. The summed E-state index contributed by atoms with van der Waals surface area (Å²) in [6, 6.07) is 1.43. The summed E-state index contributed by atoms with van der Waals surface area (Å²) < 4.78 is 6.08. The summed E-state index contributed by atoms with van der Waals surface area (Å²) in [5.41, 5.74) is 0.156. The molecule has 1 N–H and O–H groups in total. The second kappa shape index (κ2) is 6.58. The predicted octanol–water partition coefficient (Wildman–Crippen LogP) is 4.14. The van der Waals surface area contributed by atoms with Gasteiger partial charge in [-0.3, -0.25) is 0 Å². The minimum atomic E-state index is 0.156. The van der Waals surface area contributed by atoms with Gasteiger partial charge in [-0.2, -0.15) is 0 Å². The average Bonchev–Trinajstić information content (AvgIpc) is 2.43. The Morgan fingerprint density at radius 3 is 2.37 bits per heavy atom. The van der Waals surface area contributed by atoms with E-state index >= 15 is 0 Å². The maximum Gasteiger partial charge on any atom is 0.0692 e. The quantitative estimate of drug-likeness (QED) is 0.826. The van der Waals surface area contributed by atoms with Gasteiger partial charge in [0.15, 0.2) is 0 Å². The third kappa shape index (κ3) is 3.72. The first-order valence-electron chi connectivity index (χ1n) is 8.48. The van der Waals surface area contributed by atoms with Crippen molar-refractivity contribution < 1.29 is 4.74 Å². The van der Waals surface area contributed by atoms with Crippen molar-refractivity contribution in [3.8, 4) is 0 Å². The third-order valence-corrected chi connectivity index (χ3v) is 5.85. The van der Waals surface area contributed by atoms with Crippen molar-refractivity contribution >= 4 is 0 Å². The average molecular weight is 267 g/mol. The molecule has 0 aromatic carbocycles. The van der Waals surface area contributed by atoms with E-state index in [4.69, 9.17) is 4.74 Å². The second-order valence-corrected chi connectivity index (χ2v) is 7.06. The Morgan fingerprint density at radius 2 is 1.74 bits per heavy atom. The van der Waals surface area contributed by atoms with E-state index in [0.717, 1.165) is 37.3 Å². The van der Waals surface area contributed by atoms with Crippen molar-refractivity contribution in [3.63, 3.8) is 0 Å². The van der Waals surface area contributed by atoms with Crippen molar-refractivity contribution in [1.29, 1.82) is 0 Å². The van der Waals surface area contributed by atoms with E-state index in [1.807, 2.05) is 0 Å². The molecule has 2 nitrogen and oxygen atoms in total. The highest BCUT2D eigenvalue weighted by Crippen LogP contribution is 2.34. The lowest BCUT2D eigenvalue weighted by Gasteiger charge is -2.43. The molecule has 2 fully saturated rings. The molecule has 4 atom stereocenters. The van der Waals surface area contributed by atoms with Crippen LogP contribution in [-0.4, -0.2) is 24.3 Å². The number of hydrogen-bond donors (Lipinski definition) is 1. The van der Waals surface area contributed by atoms with Crippen LogP contribution in [0.5, 0.6) is 0 Å². The van der Waals surface area contributed by atoms with Crippen molar-refractivity contribution in [3.05, 3.63) is 0 Å². The lowest BCUT2D eigenvalue weighted by Crippen LogP contribution is -2.50. The molecule has 1 aliphatic heterocycles. The van der Waals surface area contributed by atoms with Gasteiger partial charge < -0.3 is 10.1 Å². The van der Waals surface area contributed by atoms with Crippen molar-refractivity contribution in [2.45, 2.75) is 90.3 Å². The minimum absolute atomic E-state index is 0.156. The summed E-state index contributed by atoms with van der Waals surface area (Å²) in [6.45, 7) is 10.3. The SMILES string of the molecule is CCC1(CC)CC(NC2CCC(C)C(C)C2)CCO1. The zero-order chi connectivity index (χ0) is 13.9. The Balaban J connectivity index is 1.85. The number of hydrogen-bond acceptors (Lipinski definition) is 2. The maximum absolute atomic E-state index is 6.08. The van der Waals surface area contributed by atoms with E-state index in [1.54, 1.807) is 0 Å². The van der Waals surface area contributed by atoms with Gasteiger partial charge in [-0.1, -0.05) is 27.7 Å². The lowest BCUT2D eigenvalue weighted by atomic mass is 9.78. The third-order valence-electron chi connectivity index (χ3n) is 5.85. The molecule has 19 heavy (non-hydrogen) atoms. The molecule has 0 aromatic rings. The smallest absolute Gasteiger partial charge is 0.0692 e. The molecule has 2 rings (SSSR count). The highest BCUT2D eigenvalue weighted by molar-refractivity contribution is 4.91. The molecule has 0 radical (unpaired) electrons. The van der Waals surface area contributed by atoms with Crippen LogP contribution in [0.15, 0.2) is 0 Å². The fraction of sp³-hybridized carbons (Fsp3) is 1.00. The van der Waals surface area contributed by atoms with E-state index < -0.39 is 0 Å². The summed E-state index contributed by atoms with van der Waals surface area (Å²) in [4.78, 5) is 0. The molecule has 0 bridgehead atoms. The van der Waals surface area contributed by atoms with Crippen molar-refractivity contribution in [2.24, 2.45) is 11.8 Å². The standard InChI is InChI=1S/C17H33NO/c1-5-17(6-2)12-16(9-10-19-17)18-15-8-7-13(3)14(4)11-15/h13-16,18H,5-12H2,1-4H3. The van der Waals surface area contributed by atoms with Gasteiger partial charge in [0.2, 0.25) is 0 Å². The number of nitrogens with one attached hydrogen (secondary N) is 1. The molecule has 1 saturated heterocycles. The Bertz CT molecular complexity index is 274.